The van der Waals surface area contributed by atoms with Crippen LogP contribution in [0.5, 0.6) is 0 Å². The number of thiol groups is 1. The molecule has 0 radical (unpaired) electrons. The molecule has 0 aliphatic rings. The number of amides is 1. The zero-order valence-electron chi connectivity index (χ0n) is 9.02. The van der Waals surface area contributed by atoms with Gasteiger partial charge in [-0.2, -0.15) is 4.91 Å². The lowest BCUT2D eigenvalue weighted by molar-refractivity contribution is -0.140. The van der Waals surface area contributed by atoms with E-state index < -0.39 is 24.5 Å². The highest BCUT2D eigenvalue weighted by molar-refractivity contribution is 7.78. The molecule has 1 rings (SSSR count). The van der Waals surface area contributed by atoms with Gasteiger partial charge in [-0.1, -0.05) is 18.0 Å². The van der Waals surface area contributed by atoms with Crippen molar-refractivity contribution >= 4 is 41.2 Å². The van der Waals surface area contributed by atoms with E-state index in [-0.39, 0.29) is 6.54 Å². The maximum Gasteiger partial charge on any atom is 0.324 e. The van der Waals surface area contributed by atoms with Crippen LogP contribution in [0.15, 0.2) is 16.8 Å². The molecule has 18 heavy (non-hydrogen) atoms. The van der Waals surface area contributed by atoms with Crippen LogP contribution in [-0.4, -0.2) is 45.4 Å². The number of nitrogens with zero attached hydrogens (tertiary/aromatic N) is 3. The number of hydrogen-bond acceptors (Lipinski definition) is 8. The lowest BCUT2D eigenvalue weighted by atomic mass is 10.3. The van der Waals surface area contributed by atoms with Crippen molar-refractivity contribution in [3.8, 4) is 0 Å². The molecule has 8 nitrogen and oxygen atoms in total. The topological polar surface area (TPSA) is 112 Å². The summed E-state index contributed by atoms with van der Waals surface area (Å²) in [5, 5.41) is 16.0. The molecule has 10 heteroatoms. The van der Waals surface area contributed by atoms with Gasteiger partial charge in [-0.15, -0.1) is 11.3 Å². The number of nitroso groups, excluding NO2 is 1. The predicted molar refractivity (Wildman–Crippen MR) is 68.5 cm³/mol. The second-order valence-corrected chi connectivity index (χ2v) is 4.51. The zero-order chi connectivity index (χ0) is 13.5. The Morgan fingerprint density at radius 1 is 1.67 bits per heavy atom. The van der Waals surface area contributed by atoms with E-state index in [4.69, 9.17) is 5.11 Å². The summed E-state index contributed by atoms with van der Waals surface area (Å²) in [5.41, 5.74) is 0. The van der Waals surface area contributed by atoms with Crippen LogP contribution < -0.4 is 5.32 Å². The minimum absolute atomic E-state index is 0.338. The molecule has 1 aromatic heterocycles. The number of aliphatic carboxylic acids is 1. The van der Waals surface area contributed by atoms with E-state index in [2.05, 4.69) is 28.3 Å². The van der Waals surface area contributed by atoms with Gasteiger partial charge >= 0.3 is 5.97 Å². The number of anilines is 1. The molecule has 0 aromatic carbocycles. The summed E-state index contributed by atoms with van der Waals surface area (Å²) < 4.78 is 0.707. The number of hydrogen-bond donors (Lipinski definition) is 3. The van der Waals surface area contributed by atoms with E-state index in [1.165, 1.54) is 17.5 Å². The summed E-state index contributed by atoms with van der Waals surface area (Å²) in [4.78, 5) is 36.4. The number of carbonyl (C=O) groups is 2. The summed E-state index contributed by atoms with van der Waals surface area (Å²) in [7, 11) is 0. The van der Waals surface area contributed by atoms with Crippen molar-refractivity contribution < 1.29 is 14.7 Å². The lowest BCUT2D eigenvalue weighted by Crippen LogP contribution is -2.42. The molecular formula is C8H10N4O4S2. The molecular weight excluding hydrogens is 280 g/mol. The van der Waals surface area contributed by atoms with E-state index in [0.29, 0.717) is 9.44 Å². The van der Waals surface area contributed by atoms with E-state index in [1.54, 1.807) is 5.38 Å². The fourth-order valence-corrected chi connectivity index (χ4v) is 1.93. The van der Waals surface area contributed by atoms with Gasteiger partial charge in [-0.3, -0.25) is 13.9 Å². The first-order valence-corrected chi connectivity index (χ1v) is 5.99. The van der Waals surface area contributed by atoms with Crippen molar-refractivity contribution in [3.63, 3.8) is 0 Å². The molecule has 1 atom stereocenters. The Kier molecular flexibility index (Phi) is 5.52. The highest BCUT2D eigenvalue weighted by Crippen LogP contribution is 2.13. The molecule has 0 aliphatic heterocycles. The maximum atomic E-state index is 11.8. The average Bonchev–Trinajstić information content (AvgIpc) is 2.79. The molecule has 0 aliphatic carbocycles. The zero-order valence-corrected chi connectivity index (χ0v) is 10.7. The van der Waals surface area contributed by atoms with Gasteiger partial charge in [0.25, 0.3) is 5.91 Å². The fourth-order valence-electron chi connectivity index (χ4n) is 1.09. The predicted octanol–water partition coefficient (Wildman–Crippen LogP) is 0.448. The minimum atomic E-state index is -1.20. The molecule has 0 bridgehead atoms. The first-order chi connectivity index (χ1) is 8.54. The maximum absolute atomic E-state index is 11.8. The van der Waals surface area contributed by atoms with Gasteiger partial charge in [-0.25, -0.2) is 4.98 Å². The van der Waals surface area contributed by atoms with Crippen LogP contribution in [0.2, 0.25) is 0 Å². The van der Waals surface area contributed by atoms with Gasteiger partial charge in [0.05, 0.1) is 0 Å². The normalized spacial score (nSPS) is 11.6. The SMILES string of the molecule is O=NCC(Nc1nccs1)C(=O)N(S)CC(=O)O. The monoisotopic (exact) mass is 290 g/mol. The van der Waals surface area contributed by atoms with E-state index in [1.807, 2.05) is 0 Å². The van der Waals surface area contributed by atoms with Gasteiger partial charge in [0.15, 0.2) is 5.13 Å². The van der Waals surface area contributed by atoms with Gasteiger partial charge in [0.1, 0.15) is 19.1 Å². The Morgan fingerprint density at radius 2 is 2.39 bits per heavy atom. The van der Waals surface area contributed by atoms with E-state index >= 15 is 0 Å². The Balaban J connectivity index is 2.68. The quantitative estimate of drug-likeness (QED) is 0.496. The Labute approximate surface area is 112 Å². The van der Waals surface area contributed by atoms with Crippen LogP contribution in [0.3, 0.4) is 0 Å². The third-order valence-electron chi connectivity index (χ3n) is 1.82. The summed E-state index contributed by atoms with van der Waals surface area (Å²) in [6.07, 6.45) is 1.53. The Bertz CT molecular complexity index is 425. The van der Waals surface area contributed by atoms with Crippen LogP contribution in [0.25, 0.3) is 0 Å². The standard InChI is InChI=1S/C8H10N4O4S2/c13-6(14)4-12(17)7(15)5(3-10-16)11-8-9-1-2-18-8/h1-2,5,17H,3-4H2,(H,9,11)(H,13,14). The number of carboxylic acid groups (broad SMARTS) is 1. The number of rotatable bonds is 7. The first-order valence-electron chi connectivity index (χ1n) is 4.71. The summed E-state index contributed by atoms with van der Waals surface area (Å²) in [5.74, 6) is -1.86. The smallest absolute Gasteiger partial charge is 0.324 e. The van der Waals surface area contributed by atoms with Crippen molar-refractivity contribution in [1.29, 1.82) is 0 Å². The first kappa shape index (κ1) is 14.4. The molecule has 1 amide bonds. The third kappa shape index (κ3) is 4.30. The average molecular weight is 290 g/mol. The molecule has 1 aromatic rings. The van der Waals surface area contributed by atoms with Crippen molar-refractivity contribution in [1.82, 2.24) is 9.29 Å². The molecule has 98 valence electrons. The molecule has 0 fully saturated rings. The number of carboxylic acids is 1. The van der Waals surface area contributed by atoms with Crippen LogP contribution in [0, 0.1) is 4.91 Å². The third-order valence-corrected chi connectivity index (χ3v) is 2.87. The van der Waals surface area contributed by atoms with Gasteiger partial charge in [0.2, 0.25) is 0 Å². The van der Waals surface area contributed by atoms with Gasteiger partial charge in [-0.05, 0) is 0 Å². The molecule has 1 heterocycles. The molecule has 0 spiro atoms. The van der Waals surface area contributed by atoms with Gasteiger partial charge in [0, 0.05) is 11.6 Å². The highest BCUT2D eigenvalue weighted by atomic mass is 32.1. The molecule has 0 saturated carbocycles. The summed E-state index contributed by atoms with van der Waals surface area (Å²) in [6.45, 7) is -0.911. The van der Waals surface area contributed by atoms with Crippen LogP contribution >= 0.6 is 24.2 Å². The summed E-state index contributed by atoms with van der Waals surface area (Å²) in [6, 6.07) is -0.981. The van der Waals surface area contributed by atoms with Crippen LogP contribution in [0.4, 0.5) is 5.13 Å². The number of carbonyl (C=O) groups excluding carboxylic acids is 1. The van der Waals surface area contributed by atoms with Crippen molar-refractivity contribution in [3.05, 3.63) is 16.5 Å². The molecule has 2 N–H and O–H groups in total. The number of nitrogens with one attached hydrogen (secondary N) is 1. The largest absolute Gasteiger partial charge is 0.480 e. The fraction of sp³-hybridized carbons (Fsp3) is 0.375. The molecule has 0 saturated heterocycles. The van der Waals surface area contributed by atoms with E-state index in [9.17, 15) is 14.5 Å². The Morgan fingerprint density at radius 3 is 2.89 bits per heavy atom. The minimum Gasteiger partial charge on any atom is -0.480 e. The number of thiazole rings is 1. The highest BCUT2D eigenvalue weighted by Gasteiger charge is 2.25. The van der Waals surface area contributed by atoms with Crippen LogP contribution in [0.1, 0.15) is 0 Å². The lowest BCUT2D eigenvalue weighted by Gasteiger charge is -2.19. The summed E-state index contributed by atoms with van der Waals surface area (Å²) >= 11 is 4.99. The van der Waals surface area contributed by atoms with Gasteiger partial charge < -0.3 is 10.4 Å². The number of aromatic nitrogens is 1. The second kappa shape index (κ2) is 6.91. The second-order valence-electron chi connectivity index (χ2n) is 3.14. The Hall–Kier alpha value is -1.68. The van der Waals surface area contributed by atoms with Crippen molar-refractivity contribution in [2.45, 2.75) is 6.04 Å². The molecule has 1 unspecified atom stereocenters. The van der Waals surface area contributed by atoms with Crippen molar-refractivity contribution in [2.75, 3.05) is 18.4 Å². The van der Waals surface area contributed by atoms with Crippen molar-refractivity contribution in [2.24, 2.45) is 5.18 Å². The van der Waals surface area contributed by atoms with Crippen LogP contribution in [-0.2, 0) is 9.59 Å². The van der Waals surface area contributed by atoms with E-state index in [0.717, 1.165) is 0 Å².